The van der Waals surface area contributed by atoms with Crippen LogP contribution in [0.4, 0.5) is 5.69 Å². The van der Waals surface area contributed by atoms with Crippen molar-refractivity contribution in [3.05, 3.63) is 29.3 Å². The Morgan fingerprint density at radius 2 is 2.36 bits per heavy atom. The van der Waals surface area contributed by atoms with Crippen molar-refractivity contribution in [1.82, 2.24) is 0 Å². The van der Waals surface area contributed by atoms with Crippen LogP contribution in [-0.2, 0) is 6.42 Å². The fourth-order valence-electron chi connectivity index (χ4n) is 1.23. The van der Waals surface area contributed by atoms with Crippen LogP contribution >= 0.6 is 12.2 Å². The van der Waals surface area contributed by atoms with E-state index in [4.69, 9.17) is 5.11 Å². The van der Waals surface area contributed by atoms with Gasteiger partial charge in [0.2, 0.25) is 0 Å². The summed E-state index contributed by atoms with van der Waals surface area (Å²) in [5.74, 6) is -0.996. The zero-order valence-corrected chi connectivity index (χ0v) is 8.47. The maximum Gasteiger partial charge on any atom is 0.337 e. The van der Waals surface area contributed by atoms with Crippen LogP contribution in [0, 0.1) is 0 Å². The summed E-state index contributed by atoms with van der Waals surface area (Å²) in [5.41, 5.74) is 1.45. The lowest BCUT2D eigenvalue weighted by Crippen LogP contribution is -1.98. The Balaban J connectivity index is 3.42. The molecule has 0 aromatic heterocycles. The van der Waals surface area contributed by atoms with E-state index < -0.39 is 5.97 Å². The molecule has 0 aliphatic carbocycles. The Bertz CT molecular complexity index is 409. The van der Waals surface area contributed by atoms with Gasteiger partial charge in [-0.1, -0.05) is 19.1 Å². The summed E-state index contributed by atoms with van der Waals surface area (Å²) in [7, 11) is 0. The molecule has 0 radical (unpaired) electrons. The van der Waals surface area contributed by atoms with Crippen molar-refractivity contribution in [3.63, 3.8) is 0 Å². The van der Waals surface area contributed by atoms with Crippen molar-refractivity contribution >= 4 is 29.0 Å². The Kier molecular flexibility index (Phi) is 3.51. The lowest BCUT2D eigenvalue weighted by atomic mass is 10.1. The number of aromatic carboxylic acids is 1. The first-order valence-corrected chi connectivity index (χ1v) is 4.54. The largest absolute Gasteiger partial charge is 0.478 e. The summed E-state index contributed by atoms with van der Waals surface area (Å²) in [4.78, 5) is 14.6. The highest BCUT2D eigenvalue weighted by atomic mass is 32.1. The molecule has 0 saturated carbocycles. The number of aliphatic imine (C=N–C) groups is 1. The van der Waals surface area contributed by atoms with Gasteiger partial charge in [-0.25, -0.2) is 4.79 Å². The minimum atomic E-state index is -0.996. The Morgan fingerprint density at radius 1 is 1.64 bits per heavy atom. The minimum Gasteiger partial charge on any atom is -0.478 e. The average molecular weight is 207 g/mol. The first-order chi connectivity index (χ1) is 6.70. The monoisotopic (exact) mass is 207 g/mol. The molecule has 0 aliphatic rings. The number of aryl methyl sites for hydroxylation is 1. The van der Waals surface area contributed by atoms with Crippen molar-refractivity contribution in [2.24, 2.45) is 4.99 Å². The fourth-order valence-corrected chi connectivity index (χ4v) is 1.32. The number of thiocarbonyl (C=S) groups is 1. The molecule has 3 nitrogen and oxygen atoms in total. The predicted octanol–water partition coefficient (Wildman–Crippen LogP) is 2.68. The highest BCUT2D eigenvalue weighted by Crippen LogP contribution is 2.24. The van der Waals surface area contributed by atoms with Crippen molar-refractivity contribution in [2.45, 2.75) is 13.3 Å². The van der Waals surface area contributed by atoms with E-state index >= 15 is 0 Å². The summed E-state index contributed by atoms with van der Waals surface area (Å²) in [6, 6.07) is 5.04. The van der Waals surface area contributed by atoms with Crippen molar-refractivity contribution < 1.29 is 9.90 Å². The SMILES string of the molecule is CCc1cccc(C(=O)O)c1N=C=S. The van der Waals surface area contributed by atoms with Gasteiger partial charge in [0.1, 0.15) is 0 Å². The number of carbonyl (C=O) groups is 1. The van der Waals surface area contributed by atoms with Gasteiger partial charge in [-0.2, -0.15) is 4.99 Å². The molecular formula is C10H9NO2S. The molecule has 1 rings (SSSR count). The number of carboxylic acid groups (broad SMARTS) is 1. The molecule has 0 heterocycles. The van der Waals surface area contributed by atoms with E-state index in [2.05, 4.69) is 22.4 Å². The summed E-state index contributed by atoms with van der Waals surface area (Å²) >= 11 is 4.48. The van der Waals surface area contributed by atoms with E-state index in [1.807, 2.05) is 13.0 Å². The average Bonchev–Trinajstić information content (AvgIpc) is 2.18. The van der Waals surface area contributed by atoms with E-state index in [9.17, 15) is 4.79 Å². The zero-order chi connectivity index (χ0) is 10.6. The van der Waals surface area contributed by atoms with Gasteiger partial charge in [0.05, 0.1) is 16.4 Å². The molecule has 0 spiro atoms. The quantitative estimate of drug-likeness (QED) is 0.612. The lowest BCUT2D eigenvalue weighted by Gasteiger charge is -2.04. The molecule has 0 atom stereocenters. The third-order valence-electron chi connectivity index (χ3n) is 1.89. The number of para-hydroxylation sites is 1. The molecule has 4 heteroatoms. The van der Waals surface area contributed by atoms with Crippen molar-refractivity contribution in [1.29, 1.82) is 0 Å². The topological polar surface area (TPSA) is 49.7 Å². The molecule has 0 amide bonds. The molecule has 1 aromatic carbocycles. The number of rotatable bonds is 3. The molecule has 0 fully saturated rings. The molecule has 1 N–H and O–H groups in total. The van der Waals surface area contributed by atoms with E-state index in [0.29, 0.717) is 5.69 Å². The van der Waals surface area contributed by atoms with Crippen molar-refractivity contribution in [2.75, 3.05) is 0 Å². The summed E-state index contributed by atoms with van der Waals surface area (Å²) < 4.78 is 0. The van der Waals surface area contributed by atoms with E-state index in [0.717, 1.165) is 12.0 Å². The molecular weight excluding hydrogens is 198 g/mol. The van der Waals surface area contributed by atoms with Crippen LogP contribution in [-0.4, -0.2) is 16.2 Å². The normalized spacial score (nSPS) is 9.21. The van der Waals surface area contributed by atoms with Gasteiger partial charge in [0.15, 0.2) is 0 Å². The van der Waals surface area contributed by atoms with Crippen LogP contribution < -0.4 is 0 Å². The third-order valence-corrected chi connectivity index (χ3v) is 1.98. The second-order valence-corrected chi connectivity index (χ2v) is 2.86. The number of benzene rings is 1. The Morgan fingerprint density at radius 3 is 2.86 bits per heavy atom. The highest BCUT2D eigenvalue weighted by molar-refractivity contribution is 7.78. The Labute approximate surface area is 87.1 Å². The number of carboxylic acids is 1. The molecule has 0 saturated heterocycles. The van der Waals surface area contributed by atoms with Crippen molar-refractivity contribution in [3.8, 4) is 0 Å². The van der Waals surface area contributed by atoms with Crippen LogP contribution in [0.25, 0.3) is 0 Å². The van der Waals surface area contributed by atoms with Crippen LogP contribution in [0.1, 0.15) is 22.8 Å². The summed E-state index contributed by atoms with van der Waals surface area (Å²) in [6.45, 7) is 1.93. The van der Waals surface area contributed by atoms with Gasteiger partial charge in [0.25, 0.3) is 0 Å². The molecule has 14 heavy (non-hydrogen) atoms. The highest BCUT2D eigenvalue weighted by Gasteiger charge is 2.11. The summed E-state index contributed by atoms with van der Waals surface area (Å²) in [6.07, 6.45) is 0.719. The van der Waals surface area contributed by atoms with Gasteiger partial charge < -0.3 is 5.11 Å². The minimum absolute atomic E-state index is 0.168. The first-order valence-electron chi connectivity index (χ1n) is 4.13. The number of hydrogen-bond acceptors (Lipinski definition) is 3. The summed E-state index contributed by atoms with van der Waals surface area (Å²) in [5, 5.41) is 11.1. The van der Waals surface area contributed by atoms with Gasteiger partial charge >= 0.3 is 5.97 Å². The Hall–Kier alpha value is -1.51. The fraction of sp³-hybridized carbons (Fsp3) is 0.200. The van der Waals surface area contributed by atoms with E-state index in [1.54, 1.807) is 6.07 Å². The smallest absolute Gasteiger partial charge is 0.337 e. The van der Waals surface area contributed by atoms with E-state index in [1.165, 1.54) is 6.07 Å². The third kappa shape index (κ3) is 2.05. The molecule has 72 valence electrons. The molecule has 0 bridgehead atoms. The van der Waals surface area contributed by atoms with Gasteiger partial charge in [-0.15, -0.1) is 0 Å². The van der Waals surface area contributed by atoms with Gasteiger partial charge in [-0.05, 0) is 30.3 Å². The second kappa shape index (κ2) is 4.65. The van der Waals surface area contributed by atoms with E-state index in [-0.39, 0.29) is 5.56 Å². The second-order valence-electron chi connectivity index (χ2n) is 2.68. The number of nitrogens with zero attached hydrogens (tertiary/aromatic N) is 1. The van der Waals surface area contributed by atoms with Crippen LogP contribution in [0.2, 0.25) is 0 Å². The lowest BCUT2D eigenvalue weighted by molar-refractivity contribution is 0.0698. The predicted molar refractivity (Wildman–Crippen MR) is 57.5 cm³/mol. The first kappa shape index (κ1) is 10.6. The van der Waals surface area contributed by atoms with Crippen LogP contribution in [0.5, 0.6) is 0 Å². The standard InChI is InChI=1S/C10H9NO2S/c1-2-7-4-3-5-8(10(12)13)9(7)11-6-14/h3-5H,2H2,1H3,(H,12,13). The van der Waals surface area contributed by atoms with Crippen LogP contribution in [0.15, 0.2) is 23.2 Å². The van der Waals surface area contributed by atoms with Crippen LogP contribution in [0.3, 0.4) is 0 Å². The molecule has 0 aliphatic heterocycles. The number of isothiocyanates is 1. The van der Waals surface area contributed by atoms with Gasteiger partial charge in [-0.3, -0.25) is 0 Å². The maximum absolute atomic E-state index is 10.8. The molecule has 1 aromatic rings. The maximum atomic E-state index is 10.8. The molecule has 0 unspecified atom stereocenters. The van der Waals surface area contributed by atoms with Gasteiger partial charge in [0, 0.05) is 0 Å². The zero-order valence-electron chi connectivity index (χ0n) is 7.65. The number of hydrogen-bond donors (Lipinski definition) is 1.